The van der Waals surface area contributed by atoms with Gasteiger partial charge in [-0.2, -0.15) is 4.31 Å². The van der Waals surface area contributed by atoms with Gasteiger partial charge in [-0.15, -0.1) is 0 Å². The van der Waals surface area contributed by atoms with E-state index < -0.39 is 15.8 Å². The molecule has 0 atom stereocenters. The van der Waals surface area contributed by atoms with Gasteiger partial charge in [-0.1, -0.05) is 48.5 Å². The molecule has 0 aliphatic carbocycles. The summed E-state index contributed by atoms with van der Waals surface area (Å²) in [5.41, 5.74) is 1.08. The second kappa shape index (κ2) is 7.85. The molecule has 1 aliphatic rings. The van der Waals surface area contributed by atoms with E-state index in [-0.39, 0.29) is 24.5 Å². The third-order valence-electron chi connectivity index (χ3n) is 4.42. The number of β-amino-alcohol motifs (C(OH)–C–C–N with tert-alkyl or cyclic N) is 2. The Morgan fingerprint density at radius 3 is 2.15 bits per heavy atom. The summed E-state index contributed by atoms with van der Waals surface area (Å²) < 4.78 is 26.8. The standard InChI is InChI=1S/C19H24N2O4S/c22-19(23)15-20(14-17-8-3-1-4-9-17)12-7-13-21(16-19)26(24,25)18-10-5-2-6-11-18/h1-6,8-11,22-23H,7,12-16H2. The fourth-order valence-electron chi connectivity index (χ4n) is 3.24. The molecule has 1 heterocycles. The lowest BCUT2D eigenvalue weighted by atomic mass is 10.1. The van der Waals surface area contributed by atoms with E-state index in [1.54, 1.807) is 18.2 Å². The summed E-state index contributed by atoms with van der Waals surface area (Å²) in [6.07, 6.45) is 0.620. The van der Waals surface area contributed by atoms with E-state index in [0.29, 0.717) is 19.5 Å². The molecule has 1 fully saturated rings. The molecule has 2 N–H and O–H groups in total. The predicted octanol–water partition coefficient (Wildman–Crippen LogP) is 1.26. The highest BCUT2D eigenvalue weighted by molar-refractivity contribution is 7.89. The molecule has 3 rings (SSSR count). The van der Waals surface area contributed by atoms with E-state index in [1.807, 2.05) is 35.2 Å². The Kier molecular flexibility index (Phi) is 5.74. The molecule has 1 saturated heterocycles. The van der Waals surface area contributed by atoms with E-state index in [9.17, 15) is 18.6 Å². The molecule has 0 bridgehead atoms. The second-order valence-electron chi connectivity index (χ2n) is 6.68. The third kappa shape index (κ3) is 4.69. The zero-order valence-corrected chi connectivity index (χ0v) is 15.3. The number of benzene rings is 2. The van der Waals surface area contributed by atoms with Crippen LogP contribution in [0.4, 0.5) is 0 Å². The number of rotatable bonds is 4. The first kappa shape index (κ1) is 19.0. The van der Waals surface area contributed by atoms with Crippen LogP contribution in [0.1, 0.15) is 12.0 Å². The van der Waals surface area contributed by atoms with Crippen molar-refractivity contribution in [1.82, 2.24) is 9.21 Å². The summed E-state index contributed by atoms with van der Waals surface area (Å²) >= 11 is 0. The van der Waals surface area contributed by atoms with E-state index in [0.717, 1.165) is 5.56 Å². The molecule has 140 valence electrons. The molecule has 2 aromatic carbocycles. The van der Waals surface area contributed by atoms with Crippen LogP contribution >= 0.6 is 0 Å². The van der Waals surface area contributed by atoms with Crippen LogP contribution in [-0.4, -0.2) is 59.8 Å². The Bertz CT molecular complexity index is 810. The van der Waals surface area contributed by atoms with Gasteiger partial charge in [0, 0.05) is 13.1 Å². The van der Waals surface area contributed by atoms with Gasteiger partial charge in [-0.3, -0.25) is 4.90 Å². The third-order valence-corrected chi connectivity index (χ3v) is 6.28. The van der Waals surface area contributed by atoms with Crippen molar-refractivity contribution in [3.63, 3.8) is 0 Å². The lowest BCUT2D eigenvalue weighted by Crippen LogP contribution is -2.54. The molecular formula is C19H24N2O4S. The highest BCUT2D eigenvalue weighted by Gasteiger charge is 2.36. The first-order valence-corrected chi connectivity index (χ1v) is 10.1. The Morgan fingerprint density at radius 1 is 0.885 bits per heavy atom. The number of hydrogen-bond acceptors (Lipinski definition) is 5. The Labute approximate surface area is 154 Å². The number of hydrogen-bond donors (Lipinski definition) is 2. The second-order valence-corrected chi connectivity index (χ2v) is 8.62. The molecule has 1 aliphatic heterocycles. The van der Waals surface area contributed by atoms with Crippen molar-refractivity contribution >= 4 is 10.0 Å². The molecule has 0 aromatic heterocycles. The largest absolute Gasteiger partial charge is 0.364 e. The van der Waals surface area contributed by atoms with E-state index in [2.05, 4.69) is 0 Å². The predicted molar refractivity (Wildman–Crippen MR) is 98.7 cm³/mol. The molecule has 6 nitrogen and oxygen atoms in total. The minimum atomic E-state index is -3.75. The molecule has 0 unspecified atom stereocenters. The maximum atomic E-state index is 12.8. The smallest absolute Gasteiger partial charge is 0.243 e. The summed E-state index contributed by atoms with van der Waals surface area (Å²) in [7, 11) is -3.75. The van der Waals surface area contributed by atoms with Crippen molar-refractivity contribution in [2.24, 2.45) is 0 Å². The van der Waals surface area contributed by atoms with Crippen molar-refractivity contribution in [2.45, 2.75) is 23.6 Å². The van der Waals surface area contributed by atoms with E-state index in [1.165, 1.54) is 16.4 Å². The first-order chi connectivity index (χ1) is 12.4. The first-order valence-electron chi connectivity index (χ1n) is 8.63. The fourth-order valence-corrected chi connectivity index (χ4v) is 4.79. The van der Waals surface area contributed by atoms with E-state index in [4.69, 9.17) is 0 Å². The van der Waals surface area contributed by atoms with E-state index >= 15 is 0 Å². The van der Waals surface area contributed by atoms with Crippen LogP contribution in [0, 0.1) is 0 Å². The lowest BCUT2D eigenvalue weighted by Gasteiger charge is -2.37. The van der Waals surface area contributed by atoms with Crippen molar-refractivity contribution in [2.75, 3.05) is 26.2 Å². The summed E-state index contributed by atoms with van der Waals surface area (Å²) in [4.78, 5) is 2.11. The van der Waals surface area contributed by atoms with Gasteiger partial charge in [0.15, 0.2) is 5.79 Å². The van der Waals surface area contributed by atoms with Crippen molar-refractivity contribution < 1.29 is 18.6 Å². The normalized spacial score (nSPS) is 19.6. The van der Waals surface area contributed by atoms with Crippen LogP contribution in [0.5, 0.6) is 0 Å². The molecule has 0 spiro atoms. The average Bonchev–Trinajstić information content (AvgIpc) is 2.60. The molecule has 0 amide bonds. The SMILES string of the molecule is O=S(=O)(c1ccccc1)N1CCCN(Cc2ccccc2)CC(O)(O)C1. The summed E-state index contributed by atoms with van der Waals surface area (Å²) in [5.74, 6) is -2.11. The topological polar surface area (TPSA) is 81.1 Å². The summed E-state index contributed by atoms with van der Waals surface area (Å²) in [6, 6.07) is 17.9. The lowest BCUT2D eigenvalue weighted by molar-refractivity contribution is -0.183. The van der Waals surface area contributed by atoms with Gasteiger partial charge in [-0.25, -0.2) is 8.42 Å². The van der Waals surface area contributed by atoms with Crippen molar-refractivity contribution in [3.8, 4) is 0 Å². The average molecular weight is 376 g/mol. The zero-order chi connectivity index (χ0) is 18.6. The van der Waals surface area contributed by atoms with Gasteiger partial charge in [0.2, 0.25) is 10.0 Å². The van der Waals surface area contributed by atoms with Crippen LogP contribution < -0.4 is 0 Å². The van der Waals surface area contributed by atoms with Gasteiger partial charge < -0.3 is 10.2 Å². The van der Waals surface area contributed by atoms with Gasteiger partial charge in [-0.05, 0) is 30.7 Å². The quantitative estimate of drug-likeness (QED) is 0.786. The van der Waals surface area contributed by atoms with Crippen molar-refractivity contribution in [3.05, 3.63) is 66.2 Å². The highest BCUT2D eigenvalue weighted by Crippen LogP contribution is 2.21. The number of aliphatic hydroxyl groups is 2. The maximum absolute atomic E-state index is 12.8. The van der Waals surface area contributed by atoms with Gasteiger partial charge in [0.1, 0.15) is 0 Å². The van der Waals surface area contributed by atoms with Crippen LogP contribution in [0.15, 0.2) is 65.6 Å². The summed E-state index contributed by atoms with van der Waals surface area (Å²) in [5, 5.41) is 20.8. The van der Waals surface area contributed by atoms with Gasteiger partial charge in [0.25, 0.3) is 0 Å². The molecule has 0 radical (unpaired) electrons. The van der Waals surface area contributed by atoms with Crippen LogP contribution in [-0.2, 0) is 16.6 Å². The zero-order valence-electron chi connectivity index (χ0n) is 14.5. The minimum Gasteiger partial charge on any atom is -0.364 e. The molecule has 0 saturated carbocycles. The maximum Gasteiger partial charge on any atom is 0.243 e. The monoisotopic (exact) mass is 376 g/mol. The Morgan fingerprint density at radius 2 is 1.50 bits per heavy atom. The molecule has 7 heteroatoms. The Hall–Kier alpha value is -1.77. The molecule has 26 heavy (non-hydrogen) atoms. The Balaban J connectivity index is 1.74. The van der Waals surface area contributed by atoms with Crippen LogP contribution in [0.3, 0.4) is 0 Å². The highest BCUT2D eigenvalue weighted by atomic mass is 32.2. The number of sulfonamides is 1. The molecular weight excluding hydrogens is 352 g/mol. The minimum absolute atomic E-state index is 0.0112. The van der Waals surface area contributed by atoms with Gasteiger partial charge in [0.05, 0.1) is 18.0 Å². The van der Waals surface area contributed by atoms with Crippen molar-refractivity contribution in [1.29, 1.82) is 0 Å². The van der Waals surface area contributed by atoms with Gasteiger partial charge >= 0.3 is 0 Å². The van der Waals surface area contributed by atoms with Crippen LogP contribution in [0.2, 0.25) is 0 Å². The fraction of sp³-hybridized carbons (Fsp3) is 0.368. The molecule has 2 aromatic rings. The number of nitrogens with zero attached hydrogens (tertiary/aromatic N) is 2. The van der Waals surface area contributed by atoms with Crippen LogP contribution in [0.25, 0.3) is 0 Å². The summed E-state index contributed by atoms with van der Waals surface area (Å²) in [6.45, 7) is 1.05.